The van der Waals surface area contributed by atoms with Gasteiger partial charge in [0.15, 0.2) is 5.69 Å². The molecule has 0 aliphatic heterocycles. The van der Waals surface area contributed by atoms with Crippen LogP contribution in [0.5, 0.6) is 0 Å². The highest BCUT2D eigenvalue weighted by Crippen LogP contribution is 2.31. The number of hydrogen-bond acceptors (Lipinski definition) is 4. The monoisotopic (exact) mass is 426 g/mol. The van der Waals surface area contributed by atoms with Crippen molar-refractivity contribution < 1.29 is 22.4 Å². The maximum absolute atomic E-state index is 13.1. The molecule has 0 saturated carbocycles. The summed E-state index contributed by atoms with van der Waals surface area (Å²) in [5.74, 6) is 0.270. The molecule has 6 nitrogen and oxygen atoms in total. The molecule has 0 spiro atoms. The Morgan fingerprint density at radius 2 is 1.77 bits per heavy atom. The van der Waals surface area contributed by atoms with Crippen molar-refractivity contribution in [1.82, 2.24) is 14.8 Å². The lowest BCUT2D eigenvalue weighted by atomic mass is 10.2. The predicted octanol–water partition coefficient (Wildman–Crippen LogP) is 5.42. The van der Waals surface area contributed by atoms with Gasteiger partial charge in [0.2, 0.25) is 5.89 Å². The van der Waals surface area contributed by atoms with E-state index in [-0.39, 0.29) is 17.2 Å². The van der Waals surface area contributed by atoms with E-state index in [9.17, 15) is 18.0 Å². The van der Waals surface area contributed by atoms with E-state index >= 15 is 0 Å². The fraction of sp³-hybridized carbons (Fsp3) is 0.136. The van der Waals surface area contributed by atoms with Crippen molar-refractivity contribution in [3.8, 4) is 17.1 Å². The average molecular weight is 426 g/mol. The summed E-state index contributed by atoms with van der Waals surface area (Å²) in [6.45, 7) is 3.29. The molecular weight excluding hydrogens is 409 g/mol. The molecule has 4 aromatic rings. The van der Waals surface area contributed by atoms with Crippen molar-refractivity contribution >= 4 is 11.7 Å². The van der Waals surface area contributed by atoms with Crippen LogP contribution in [0.15, 0.2) is 65.1 Å². The van der Waals surface area contributed by atoms with Gasteiger partial charge in [0, 0.05) is 11.6 Å². The Labute approximate surface area is 175 Å². The lowest BCUT2D eigenvalue weighted by Crippen LogP contribution is -2.16. The van der Waals surface area contributed by atoms with Gasteiger partial charge in [0.1, 0.15) is 11.6 Å². The Kier molecular flexibility index (Phi) is 5.10. The van der Waals surface area contributed by atoms with Gasteiger partial charge in [-0.25, -0.2) is 9.67 Å². The van der Waals surface area contributed by atoms with Crippen molar-refractivity contribution in [2.45, 2.75) is 20.0 Å². The van der Waals surface area contributed by atoms with Crippen LogP contribution in [0.2, 0.25) is 0 Å². The Morgan fingerprint density at radius 1 is 1.03 bits per heavy atom. The molecule has 1 amide bonds. The number of alkyl halides is 3. The molecule has 0 bridgehead atoms. The van der Waals surface area contributed by atoms with E-state index in [2.05, 4.69) is 15.4 Å². The Morgan fingerprint density at radius 3 is 2.48 bits per heavy atom. The van der Waals surface area contributed by atoms with Gasteiger partial charge in [-0.1, -0.05) is 24.3 Å². The van der Waals surface area contributed by atoms with Crippen LogP contribution in [0.25, 0.3) is 17.1 Å². The third kappa shape index (κ3) is 4.20. The number of carbonyl (C=O) groups is 1. The first kappa shape index (κ1) is 20.4. The summed E-state index contributed by atoms with van der Waals surface area (Å²) in [6, 6.07) is 15.4. The Balaban J connectivity index is 1.65. The molecule has 0 radical (unpaired) electrons. The first-order valence-electron chi connectivity index (χ1n) is 9.31. The second-order valence-electron chi connectivity index (χ2n) is 6.87. The number of oxazole rings is 1. The predicted molar refractivity (Wildman–Crippen MR) is 108 cm³/mol. The number of halogens is 3. The molecular formula is C22H17F3N4O2. The molecule has 0 fully saturated rings. The second-order valence-corrected chi connectivity index (χ2v) is 6.87. The summed E-state index contributed by atoms with van der Waals surface area (Å²) in [4.78, 5) is 17.1. The zero-order valence-corrected chi connectivity index (χ0v) is 16.6. The van der Waals surface area contributed by atoms with E-state index in [4.69, 9.17) is 4.42 Å². The van der Waals surface area contributed by atoms with E-state index in [0.717, 1.165) is 17.7 Å². The van der Waals surface area contributed by atoms with Gasteiger partial charge in [0.05, 0.1) is 16.9 Å². The number of hydrogen-bond donors (Lipinski definition) is 1. The molecule has 158 valence electrons. The third-order valence-corrected chi connectivity index (χ3v) is 4.52. The lowest BCUT2D eigenvalue weighted by molar-refractivity contribution is -0.137. The molecule has 0 aliphatic rings. The molecule has 0 unspecified atom stereocenters. The van der Waals surface area contributed by atoms with Crippen LogP contribution >= 0.6 is 0 Å². The fourth-order valence-electron chi connectivity index (χ4n) is 3.09. The van der Waals surface area contributed by atoms with Crippen molar-refractivity contribution in [3.63, 3.8) is 0 Å². The molecule has 0 aliphatic carbocycles. The van der Waals surface area contributed by atoms with Gasteiger partial charge in [-0.05, 0) is 44.2 Å². The van der Waals surface area contributed by atoms with Gasteiger partial charge < -0.3 is 9.73 Å². The number of nitrogens with one attached hydrogen (secondary N) is 1. The normalized spacial score (nSPS) is 11.5. The number of nitrogens with zero attached hydrogens (tertiary/aromatic N) is 3. The summed E-state index contributed by atoms with van der Waals surface area (Å²) in [5, 5.41) is 6.88. The molecule has 2 aromatic heterocycles. The van der Waals surface area contributed by atoms with Crippen LogP contribution in [-0.4, -0.2) is 20.7 Å². The SMILES string of the molecule is Cc1cc(NC(=O)c2nc(-c3ccccc3)oc2C)n(-c2cccc(C(F)(F)F)c2)n1. The number of carbonyl (C=O) groups excluding carboxylic acids is 1. The first-order chi connectivity index (χ1) is 14.7. The Bertz CT molecular complexity index is 1240. The van der Waals surface area contributed by atoms with E-state index < -0.39 is 17.6 Å². The van der Waals surface area contributed by atoms with E-state index in [1.807, 2.05) is 18.2 Å². The van der Waals surface area contributed by atoms with E-state index in [1.165, 1.54) is 16.8 Å². The van der Waals surface area contributed by atoms with Crippen LogP contribution in [0.4, 0.5) is 19.0 Å². The summed E-state index contributed by atoms with van der Waals surface area (Å²) < 4.78 is 46.1. The largest absolute Gasteiger partial charge is 0.441 e. The van der Waals surface area contributed by atoms with Crippen LogP contribution in [0.3, 0.4) is 0 Å². The van der Waals surface area contributed by atoms with Crippen molar-refractivity contribution in [3.05, 3.63) is 83.4 Å². The van der Waals surface area contributed by atoms with E-state index in [0.29, 0.717) is 17.3 Å². The maximum atomic E-state index is 13.1. The van der Waals surface area contributed by atoms with Gasteiger partial charge in [-0.15, -0.1) is 0 Å². The molecule has 2 heterocycles. The van der Waals surface area contributed by atoms with Crippen molar-refractivity contribution in [1.29, 1.82) is 0 Å². The molecule has 4 rings (SSSR count). The minimum absolute atomic E-state index is 0.0771. The standard InChI is InChI=1S/C22H17F3N4O2/c1-13-11-18(29(28-13)17-10-6-9-16(12-17)22(23,24)25)26-20(30)19-14(2)31-21(27-19)15-7-4-3-5-8-15/h3-12H,1-2H3,(H,26,30). The summed E-state index contributed by atoms with van der Waals surface area (Å²) in [5.41, 5.74) is 0.674. The topological polar surface area (TPSA) is 73.0 Å². The van der Waals surface area contributed by atoms with Crippen molar-refractivity contribution in [2.24, 2.45) is 0 Å². The molecule has 31 heavy (non-hydrogen) atoms. The van der Waals surface area contributed by atoms with Gasteiger partial charge >= 0.3 is 6.18 Å². The smallest absolute Gasteiger partial charge is 0.416 e. The van der Waals surface area contributed by atoms with Crippen molar-refractivity contribution in [2.75, 3.05) is 5.32 Å². The molecule has 9 heteroatoms. The minimum Gasteiger partial charge on any atom is -0.441 e. The van der Waals surface area contributed by atoms with Gasteiger partial charge in [-0.3, -0.25) is 4.79 Å². The number of rotatable bonds is 4. The maximum Gasteiger partial charge on any atom is 0.416 e. The zero-order chi connectivity index (χ0) is 22.2. The fourth-order valence-corrected chi connectivity index (χ4v) is 3.09. The highest BCUT2D eigenvalue weighted by molar-refractivity contribution is 6.03. The molecule has 0 saturated heterocycles. The number of anilines is 1. The number of benzene rings is 2. The minimum atomic E-state index is -4.49. The summed E-state index contributed by atoms with van der Waals surface area (Å²) in [7, 11) is 0. The number of aryl methyl sites for hydroxylation is 2. The van der Waals surface area contributed by atoms with E-state index in [1.54, 1.807) is 32.0 Å². The Hall–Kier alpha value is -3.88. The van der Waals surface area contributed by atoms with Crippen LogP contribution < -0.4 is 5.32 Å². The summed E-state index contributed by atoms with van der Waals surface area (Å²) >= 11 is 0. The molecule has 0 atom stereocenters. The number of amides is 1. The first-order valence-corrected chi connectivity index (χ1v) is 9.31. The lowest BCUT2D eigenvalue weighted by Gasteiger charge is -2.11. The second kappa shape index (κ2) is 7.75. The quantitative estimate of drug-likeness (QED) is 0.473. The highest BCUT2D eigenvalue weighted by Gasteiger charge is 2.31. The zero-order valence-electron chi connectivity index (χ0n) is 16.6. The van der Waals surface area contributed by atoms with Crippen LogP contribution in [0, 0.1) is 13.8 Å². The summed E-state index contributed by atoms with van der Waals surface area (Å²) in [6.07, 6.45) is -4.49. The van der Waals surface area contributed by atoms with Crippen LogP contribution in [0.1, 0.15) is 27.5 Å². The van der Waals surface area contributed by atoms with Gasteiger partial charge in [0.25, 0.3) is 5.91 Å². The van der Waals surface area contributed by atoms with Gasteiger partial charge in [-0.2, -0.15) is 18.3 Å². The molecule has 2 aromatic carbocycles. The third-order valence-electron chi connectivity index (χ3n) is 4.52. The molecule has 1 N–H and O–H groups in total. The number of aromatic nitrogens is 3. The highest BCUT2D eigenvalue weighted by atomic mass is 19.4. The van der Waals surface area contributed by atoms with Crippen LogP contribution in [-0.2, 0) is 6.18 Å². The average Bonchev–Trinajstić information content (AvgIpc) is 3.30.